The van der Waals surface area contributed by atoms with Crippen LogP contribution in [0, 0.1) is 6.92 Å². The molecular weight excluding hydrogens is 272 g/mol. The maximum Gasteiger partial charge on any atom is 0.227 e. The third-order valence-corrected chi connectivity index (χ3v) is 4.23. The van der Waals surface area contributed by atoms with Crippen LogP contribution < -0.4 is 11.1 Å². The van der Waals surface area contributed by atoms with Gasteiger partial charge in [0.1, 0.15) is 0 Å². The lowest BCUT2D eigenvalue weighted by molar-refractivity contribution is 0.635. The van der Waals surface area contributed by atoms with Crippen LogP contribution >= 0.6 is 0 Å². The molecular formula is C18H24N4. The van der Waals surface area contributed by atoms with Gasteiger partial charge >= 0.3 is 0 Å². The van der Waals surface area contributed by atoms with Crippen LogP contribution in [0.1, 0.15) is 49.1 Å². The van der Waals surface area contributed by atoms with Crippen molar-refractivity contribution in [2.45, 2.75) is 51.5 Å². The normalized spacial score (nSPS) is 15.6. The largest absolute Gasteiger partial charge is 0.327 e. The zero-order valence-electron chi connectivity index (χ0n) is 13.3. The fourth-order valence-electron chi connectivity index (χ4n) is 2.68. The number of para-hydroxylation sites is 1. The number of hydrogen-bond donors (Lipinski definition) is 2. The van der Waals surface area contributed by atoms with Crippen LogP contribution in [0.25, 0.3) is 0 Å². The molecule has 3 N–H and O–H groups in total. The monoisotopic (exact) mass is 296 g/mol. The molecule has 0 aliphatic heterocycles. The summed E-state index contributed by atoms with van der Waals surface area (Å²) in [5, 5.41) is 3.31. The molecule has 1 aromatic heterocycles. The Morgan fingerprint density at radius 2 is 1.95 bits per heavy atom. The Kier molecular flexibility index (Phi) is 4.39. The fourth-order valence-corrected chi connectivity index (χ4v) is 2.68. The molecule has 1 aliphatic rings. The molecule has 0 amide bonds. The van der Waals surface area contributed by atoms with Crippen LogP contribution in [-0.4, -0.2) is 16.0 Å². The Morgan fingerprint density at radius 3 is 2.59 bits per heavy atom. The van der Waals surface area contributed by atoms with Gasteiger partial charge in [0.25, 0.3) is 0 Å². The number of nitrogens with two attached hydrogens (primary N) is 1. The predicted octanol–water partition coefficient (Wildman–Crippen LogP) is 3.69. The highest BCUT2D eigenvalue weighted by Gasteiger charge is 2.29. The van der Waals surface area contributed by atoms with E-state index in [1.54, 1.807) is 0 Å². The molecule has 0 radical (unpaired) electrons. The van der Waals surface area contributed by atoms with Gasteiger partial charge < -0.3 is 11.1 Å². The van der Waals surface area contributed by atoms with E-state index in [0.29, 0.717) is 11.9 Å². The lowest BCUT2D eigenvalue weighted by Gasteiger charge is -2.16. The van der Waals surface area contributed by atoms with E-state index < -0.39 is 0 Å². The first-order chi connectivity index (χ1) is 10.7. The van der Waals surface area contributed by atoms with E-state index in [1.807, 2.05) is 30.3 Å². The molecule has 116 valence electrons. The Morgan fingerprint density at radius 1 is 1.23 bits per heavy atom. The number of hydrogen-bond acceptors (Lipinski definition) is 4. The molecule has 1 saturated carbocycles. The maximum absolute atomic E-state index is 6.15. The second-order valence-electron chi connectivity index (χ2n) is 6.13. The molecule has 1 unspecified atom stereocenters. The second-order valence-corrected chi connectivity index (χ2v) is 6.13. The highest BCUT2D eigenvalue weighted by Crippen LogP contribution is 2.41. The molecule has 22 heavy (non-hydrogen) atoms. The predicted molar refractivity (Wildman–Crippen MR) is 90.4 cm³/mol. The standard InChI is InChI=1S/C18H24N4/c1-3-14(19)11-16-12(2)20-18(22-17(16)13-9-10-13)21-15-7-5-4-6-8-15/h4-8,13-14H,3,9-11,19H2,1-2H3,(H,20,21,22). The van der Waals surface area contributed by atoms with Gasteiger partial charge in [0.15, 0.2) is 0 Å². The Balaban J connectivity index is 1.90. The molecule has 3 rings (SSSR count). The first-order valence-electron chi connectivity index (χ1n) is 8.12. The van der Waals surface area contributed by atoms with E-state index in [2.05, 4.69) is 24.1 Å². The van der Waals surface area contributed by atoms with Gasteiger partial charge in [0, 0.05) is 23.3 Å². The zero-order valence-corrected chi connectivity index (χ0v) is 13.3. The maximum atomic E-state index is 6.15. The highest BCUT2D eigenvalue weighted by atomic mass is 15.1. The molecule has 0 saturated heterocycles. The van der Waals surface area contributed by atoms with Crippen molar-refractivity contribution in [1.29, 1.82) is 0 Å². The van der Waals surface area contributed by atoms with E-state index in [-0.39, 0.29) is 6.04 Å². The number of aromatic nitrogens is 2. The minimum Gasteiger partial charge on any atom is -0.327 e. The molecule has 4 nitrogen and oxygen atoms in total. The molecule has 1 heterocycles. The van der Waals surface area contributed by atoms with E-state index in [4.69, 9.17) is 10.7 Å². The van der Waals surface area contributed by atoms with Crippen LogP contribution in [0.5, 0.6) is 0 Å². The van der Waals surface area contributed by atoms with Gasteiger partial charge in [-0.2, -0.15) is 0 Å². The molecule has 2 aromatic rings. The molecule has 1 aromatic carbocycles. The Bertz CT molecular complexity index is 635. The second kappa shape index (κ2) is 6.44. The first-order valence-corrected chi connectivity index (χ1v) is 8.12. The van der Waals surface area contributed by atoms with Gasteiger partial charge in [-0.15, -0.1) is 0 Å². The summed E-state index contributed by atoms with van der Waals surface area (Å²) >= 11 is 0. The summed E-state index contributed by atoms with van der Waals surface area (Å²) in [6.45, 7) is 4.20. The van der Waals surface area contributed by atoms with Crippen molar-refractivity contribution in [3.8, 4) is 0 Å². The number of rotatable bonds is 6. The van der Waals surface area contributed by atoms with Crippen molar-refractivity contribution in [3.63, 3.8) is 0 Å². The summed E-state index contributed by atoms with van der Waals surface area (Å²) in [5.74, 6) is 1.29. The minimum atomic E-state index is 0.188. The molecule has 4 heteroatoms. The number of benzene rings is 1. The van der Waals surface area contributed by atoms with Crippen molar-refractivity contribution in [2.75, 3.05) is 5.32 Å². The lowest BCUT2D eigenvalue weighted by Crippen LogP contribution is -2.23. The Hall–Kier alpha value is -1.94. The SMILES string of the molecule is CCC(N)Cc1c(C)nc(Nc2ccccc2)nc1C1CC1. The summed E-state index contributed by atoms with van der Waals surface area (Å²) in [4.78, 5) is 9.45. The summed E-state index contributed by atoms with van der Waals surface area (Å²) in [7, 11) is 0. The van der Waals surface area contributed by atoms with Gasteiger partial charge in [-0.25, -0.2) is 9.97 Å². The van der Waals surface area contributed by atoms with Crippen molar-refractivity contribution in [3.05, 3.63) is 47.3 Å². The number of anilines is 2. The minimum absolute atomic E-state index is 0.188. The van der Waals surface area contributed by atoms with Crippen molar-refractivity contribution < 1.29 is 0 Å². The quantitative estimate of drug-likeness (QED) is 0.853. The molecule has 0 bridgehead atoms. The first kappa shape index (κ1) is 15.0. The van der Waals surface area contributed by atoms with E-state index in [1.165, 1.54) is 24.1 Å². The van der Waals surface area contributed by atoms with Crippen molar-refractivity contribution in [2.24, 2.45) is 5.73 Å². The molecule has 1 aliphatic carbocycles. The van der Waals surface area contributed by atoms with E-state index >= 15 is 0 Å². The zero-order chi connectivity index (χ0) is 15.5. The summed E-state index contributed by atoms with van der Waals surface area (Å²) < 4.78 is 0. The lowest BCUT2D eigenvalue weighted by atomic mass is 9.99. The fraction of sp³-hybridized carbons (Fsp3) is 0.444. The molecule has 1 fully saturated rings. The van der Waals surface area contributed by atoms with Crippen molar-refractivity contribution in [1.82, 2.24) is 9.97 Å². The van der Waals surface area contributed by atoms with Crippen molar-refractivity contribution >= 4 is 11.6 Å². The van der Waals surface area contributed by atoms with Gasteiger partial charge in [-0.05, 0) is 50.3 Å². The third-order valence-electron chi connectivity index (χ3n) is 4.23. The van der Waals surface area contributed by atoms with Crippen LogP contribution in [0.3, 0.4) is 0 Å². The van der Waals surface area contributed by atoms with Gasteiger partial charge in [0.2, 0.25) is 5.95 Å². The van der Waals surface area contributed by atoms with Gasteiger partial charge in [-0.1, -0.05) is 25.1 Å². The molecule has 1 atom stereocenters. The third kappa shape index (κ3) is 3.45. The number of nitrogens with one attached hydrogen (secondary N) is 1. The Labute approximate surface area is 132 Å². The van der Waals surface area contributed by atoms with Crippen LogP contribution in [0.2, 0.25) is 0 Å². The summed E-state index contributed by atoms with van der Waals surface area (Å²) in [6, 6.07) is 10.2. The number of nitrogens with zero attached hydrogens (tertiary/aromatic N) is 2. The summed E-state index contributed by atoms with van der Waals surface area (Å²) in [5.41, 5.74) is 10.7. The van der Waals surface area contributed by atoms with E-state index in [0.717, 1.165) is 24.2 Å². The van der Waals surface area contributed by atoms with Crippen LogP contribution in [-0.2, 0) is 6.42 Å². The average molecular weight is 296 g/mol. The van der Waals surface area contributed by atoms with Crippen LogP contribution in [0.4, 0.5) is 11.6 Å². The average Bonchev–Trinajstić information content (AvgIpc) is 3.35. The summed E-state index contributed by atoms with van der Waals surface area (Å²) in [6.07, 6.45) is 4.32. The smallest absolute Gasteiger partial charge is 0.227 e. The van der Waals surface area contributed by atoms with Gasteiger partial charge in [-0.3, -0.25) is 0 Å². The van der Waals surface area contributed by atoms with E-state index in [9.17, 15) is 0 Å². The topological polar surface area (TPSA) is 63.8 Å². The highest BCUT2D eigenvalue weighted by molar-refractivity contribution is 5.53. The van der Waals surface area contributed by atoms with Crippen LogP contribution in [0.15, 0.2) is 30.3 Å². The van der Waals surface area contributed by atoms with Gasteiger partial charge in [0.05, 0.1) is 5.69 Å². The number of aryl methyl sites for hydroxylation is 1. The molecule has 0 spiro atoms.